The Hall–Kier alpha value is -0.800. The van der Waals surface area contributed by atoms with Crippen LogP contribution in [0.15, 0.2) is 24.3 Å². The van der Waals surface area contributed by atoms with Crippen LogP contribution >= 0.6 is 12.4 Å². The standard InChI is InChI=1S/C11H15FN2.ClH/c1-9-8-13-6-7-14(9)11-5-3-2-4-10(11)12;/h2-5,9,13H,6-8H2,1H3;1H. The van der Waals surface area contributed by atoms with Gasteiger partial charge in [0.15, 0.2) is 0 Å². The van der Waals surface area contributed by atoms with Crippen LogP contribution < -0.4 is 10.2 Å². The summed E-state index contributed by atoms with van der Waals surface area (Å²) in [5.41, 5.74) is 0.724. The predicted octanol–water partition coefficient (Wildman–Crippen LogP) is 2.05. The maximum Gasteiger partial charge on any atom is 0.146 e. The van der Waals surface area contributed by atoms with E-state index in [0.717, 1.165) is 25.3 Å². The Morgan fingerprint density at radius 1 is 1.40 bits per heavy atom. The molecule has 0 aromatic heterocycles. The minimum atomic E-state index is -0.124. The third-order valence-electron chi connectivity index (χ3n) is 2.66. The molecule has 1 saturated heterocycles. The fourth-order valence-corrected chi connectivity index (χ4v) is 1.88. The summed E-state index contributed by atoms with van der Waals surface area (Å²) >= 11 is 0. The normalized spacial score (nSPS) is 20.9. The van der Waals surface area contributed by atoms with Crippen molar-refractivity contribution >= 4 is 18.1 Å². The number of para-hydroxylation sites is 1. The highest BCUT2D eigenvalue weighted by Gasteiger charge is 2.20. The Kier molecular flexibility index (Phi) is 4.36. The fourth-order valence-electron chi connectivity index (χ4n) is 1.88. The molecular weight excluding hydrogens is 215 g/mol. The highest BCUT2D eigenvalue weighted by Crippen LogP contribution is 2.21. The minimum absolute atomic E-state index is 0. The zero-order chi connectivity index (χ0) is 9.97. The van der Waals surface area contributed by atoms with Gasteiger partial charge < -0.3 is 10.2 Å². The van der Waals surface area contributed by atoms with Crippen molar-refractivity contribution in [3.63, 3.8) is 0 Å². The van der Waals surface area contributed by atoms with Crippen molar-refractivity contribution in [3.05, 3.63) is 30.1 Å². The van der Waals surface area contributed by atoms with Crippen molar-refractivity contribution in [2.75, 3.05) is 24.5 Å². The first-order chi connectivity index (χ1) is 6.79. The Labute approximate surface area is 95.9 Å². The molecule has 1 unspecified atom stereocenters. The van der Waals surface area contributed by atoms with Crippen molar-refractivity contribution in [1.82, 2.24) is 5.32 Å². The van der Waals surface area contributed by atoms with E-state index in [-0.39, 0.29) is 18.2 Å². The minimum Gasteiger partial charge on any atom is -0.364 e. The summed E-state index contributed by atoms with van der Waals surface area (Å²) < 4.78 is 13.5. The van der Waals surface area contributed by atoms with E-state index >= 15 is 0 Å². The van der Waals surface area contributed by atoms with Crippen molar-refractivity contribution in [2.45, 2.75) is 13.0 Å². The van der Waals surface area contributed by atoms with Crippen LogP contribution in [0.1, 0.15) is 6.92 Å². The zero-order valence-corrected chi connectivity index (χ0v) is 9.56. The average Bonchev–Trinajstić information content (AvgIpc) is 2.20. The lowest BCUT2D eigenvalue weighted by Crippen LogP contribution is -2.50. The molecule has 0 spiro atoms. The van der Waals surface area contributed by atoms with E-state index in [4.69, 9.17) is 0 Å². The molecule has 4 heteroatoms. The van der Waals surface area contributed by atoms with Crippen LogP contribution in [0.3, 0.4) is 0 Å². The summed E-state index contributed by atoms with van der Waals surface area (Å²) in [5.74, 6) is -0.124. The van der Waals surface area contributed by atoms with Crippen LogP contribution in [0.2, 0.25) is 0 Å². The van der Waals surface area contributed by atoms with Gasteiger partial charge in [-0.1, -0.05) is 12.1 Å². The van der Waals surface area contributed by atoms with Crippen molar-refractivity contribution in [1.29, 1.82) is 0 Å². The number of benzene rings is 1. The fraction of sp³-hybridized carbons (Fsp3) is 0.455. The summed E-state index contributed by atoms with van der Waals surface area (Å²) in [6.45, 7) is 4.84. The summed E-state index contributed by atoms with van der Waals surface area (Å²) in [6, 6.07) is 7.33. The zero-order valence-electron chi connectivity index (χ0n) is 8.74. The molecule has 2 nitrogen and oxygen atoms in total. The molecule has 15 heavy (non-hydrogen) atoms. The van der Waals surface area contributed by atoms with E-state index in [1.54, 1.807) is 6.07 Å². The molecule has 1 heterocycles. The van der Waals surface area contributed by atoms with Crippen LogP contribution in [0.4, 0.5) is 10.1 Å². The second-order valence-electron chi connectivity index (χ2n) is 3.70. The summed E-state index contributed by atoms with van der Waals surface area (Å²) in [5, 5.41) is 3.29. The number of nitrogens with one attached hydrogen (secondary N) is 1. The van der Waals surface area contributed by atoms with E-state index in [9.17, 15) is 4.39 Å². The number of hydrogen-bond acceptors (Lipinski definition) is 2. The van der Waals surface area contributed by atoms with E-state index in [2.05, 4.69) is 17.1 Å². The number of nitrogens with zero attached hydrogens (tertiary/aromatic N) is 1. The maximum absolute atomic E-state index is 13.5. The van der Waals surface area contributed by atoms with Crippen molar-refractivity contribution in [3.8, 4) is 0 Å². The number of piperazine rings is 1. The molecule has 2 rings (SSSR count). The Bertz CT molecular complexity index is 319. The van der Waals surface area contributed by atoms with Gasteiger partial charge in [0, 0.05) is 25.7 Å². The van der Waals surface area contributed by atoms with Crippen molar-refractivity contribution < 1.29 is 4.39 Å². The highest BCUT2D eigenvalue weighted by atomic mass is 35.5. The smallest absolute Gasteiger partial charge is 0.146 e. The first-order valence-electron chi connectivity index (χ1n) is 5.01. The molecule has 0 amide bonds. The molecule has 1 N–H and O–H groups in total. The average molecular weight is 231 g/mol. The lowest BCUT2D eigenvalue weighted by molar-refractivity contribution is 0.491. The molecule has 1 aliphatic heterocycles. The Balaban J connectivity index is 0.00000112. The van der Waals surface area contributed by atoms with Gasteiger partial charge in [0.25, 0.3) is 0 Å². The molecule has 0 aliphatic carbocycles. The third kappa shape index (κ3) is 2.61. The van der Waals surface area contributed by atoms with E-state index in [0.29, 0.717) is 6.04 Å². The van der Waals surface area contributed by atoms with Gasteiger partial charge in [0.2, 0.25) is 0 Å². The maximum atomic E-state index is 13.5. The second kappa shape index (κ2) is 5.33. The first kappa shape index (κ1) is 12.3. The number of halogens is 2. The monoisotopic (exact) mass is 230 g/mol. The van der Waals surface area contributed by atoms with Gasteiger partial charge in [-0.05, 0) is 19.1 Å². The molecule has 1 aromatic rings. The lowest BCUT2D eigenvalue weighted by atomic mass is 10.2. The van der Waals surface area contributed by atoms with Crippen LogP contribution in [-0.2, 0) is 0 Å². The van der Waals surface area contributed by atoms with Gasteiger partial charge in [-0.25, -0.2) is 4.39 Å². The highest BCUT2D eigenvalue weighted by molar-refractivity contribution is 5.85. The van der Waals surface area contributed by atoms with Crippen LogP contribution in [0.25, 0.3) is 0 Å². The summed E-state index contributed by atoms with van der Waals surface area (Å²) in [4.78, 5) is 2.12. The van der Waals surface area contributed by atoms with Gasteiger partial charge in [0.1, 0.15) is 5.82 Å². The van der Waals surface area contributed by atoms with Gasteiger partial charge >= 0.3 is 0 Å². The Morgan fingerprint density at radius 3 is 2.80 bits per heavy atom. The quantitative estimate of drug-likeness (QED) is 0.795. The molecule has 84 valence electrons. The number of hydrogen-bond donors (Lipinski definition) is 1. The topological polar surface area (TPSA) is 15.3 Å². The third-order valence-corrected chi connectivity index (χ3v) is 2.66. The SMILES string of the molecule is CC1CNCCN1c1ccccc1F.Cl. The van der Waals surface area contributed by atoms with Crippen LogP contribution in [0, 0.1) is 5.82 Å². The number of rotatable bonds is 1. The molecule has 1 aliphatic rings. The molecule has 1 atom stereocenters. The van der Waals surface area contributed by atoms with E-state index < -0.39 is 0 Å². The van der Waals surface area contributed by atoms with Crippen molar-refractivity contribution in [2.24, 2.45) is 0 Å². The Morgan fingerprint density at radius 2 is 2.13 bits per heavy atom. The predicted molar refractivity (Wildman–Crippen MR) is 63.3 cm³/mol. The lowest BCUT2D eigenvalue weighted by Gasteiger charge is -2.35. The van der Waals surface area contributed by atoms with Gasteiger partial charge in [-0.2, -0.15) is 0 Å². The molecule has 0 saturated carbocycles. The molecule has 0 bridgehead atoms. The van der Waals surface area contributed by atoms with Gasteiger partial charge in [0.05, 0.1) is 5.69 Å². The van der Waals surface area contributed by atoms with E-state index in [1.165, 1.54) is 6.07 Å². The molecular formula is C11H16ClFN2. The summed E-state index contributed by atoms with van der Waals surface area (Å²) in [6.07, 6.45) is 0. The summed E-state index contributed by atoms with van der Waals surface area (Å²) in [7, 11) is 0. The van der Waals surface area contributed by atoms with E-state index in [1.807, 2.05) is 12.1 Å². The molecule has 0 radical (unpaired) electrons. The molecule has 1 aromatic carbocycles. The van der Waals surface area contributed by atoms with Gasteiger partial charge in [-0.15, -0.1) is 12.4 Å². The first-order valence-corrected chi connectivity index (χ1v) is 5.01. The van der Waals surface area contributed by atoms with Gasteiger partial charge in [-0.3, -0.25) is 0 Å². The second-order valence-corrected chi connectivity index (χ2v) is 3.70. The number of anilines is 1. The van der Waals surface area contributed by atoms with Crippen LogP contribution in [-0.4, -0.2) is 25.7 Å². The molecule has 1 fully saturated rings. The van der Waals surface area contributed by atoms with Crippen LogP contribution in [0.5, 0.6) is 0 Å². The largest absolute Gasteiger partial charge is 0.364 e.